The first-order chi connectivity index (χ1) is 7.69. The number of aromatic nitrogens is 2. The maximum atomic E-state index is 5.65. The fourth-order valence-corrected chi connectivity index (χ4v) is 1.46. The molecular weight excluding hydrogens is 230 g/mol. The largest absolute Gasteiger partial charge is 0.481 e. The number of nitrogens with zero attached hydrogens (tertiary/aromatic N) is 2. The van der Waals surface area contributed by atoms with Gasteiger partial charge in [0.05, 0.1) is 20.3 Å². The van der Waals surface area contributed by atoms with Crippen LogP contribution in [0.1, 0.15) is 13.3 Å². The molecule has 1 rings (SSSR count). The highest BCUT2D eigenvalue weighted by Gasteiger charge is 2.07. The maximum Gasteiger partial charge on any atom is 0.229 e. The second-order valence-corrected chi connectivity index (χ2v) is 3.68. The predicted molar refractivity (Wildman–Crippen MR) is 63.6 cm³/mol. The Hall–Kier alpha value is -1.23. The standard InChI is InChI=1S/C10H16ClN3O2/c1-7(4-5-11)12-10-13-8(15-2)6-9(14-10)16-3/h6-7H,4-5H2,1-3H3,(H,12,13,14). The normalized spacial score (nSPS) is 12.0. The molecule has 1 aromatic rings. The summed E-state index contributed by atoms with van der Waals surface area (Å²) in [5.74, 6) is 2.00. The van der Waals surface area contributed by atoms with Gasteiger partial charge in [-0.3, -0.25) is 0 Å². The number of hydrogen-bond donors (Lipinski definition) is 1. The minimum absolute atomic E-state index is 0.203. The lowest BCUT2D eigenvalue weighted by molar-refractivity contribution is 0.372. The van der Waals surface area contributed by atoms with Crippen molar-refractivity contribution in [1.29, 1.82) is 0 Å². The van der Waals surface area contributed by atoms with Crippen molar-refractivity contribution in [1.82, 2.24) is 9.97 Å². The van der Waals surface area contributed by atoms with Gasteiger partial charge in [-0.25, -0.2) is 0 Å². The van der Waals surface area contributed by atoms with E-state index >= 15 is 0 Å². The lowest BCUT2D eigenvalue weighted by Crippen LogP contribution is -2.17. The van der Waals surface area contributed by atoms with Gasteiger partial charge >= 0.3 is 0 Å². The van der Waals surface area contributed by atoms with E-state index in [-0.39, 0.29) is 6.04 Å². The van der Waals surface area contributed by atoms with Crippen LogP contribution in [0, 0.1) is 0 Å². The van der Waals surface area contributed by atoms with Gasteiger partial charge in [0, 0.05) is 11.9 Å². The van der Waals surface area contributed by atoms with Crippen molar-refractivity contribution >= 4 is 17.5 Å². The fraction of sp³-hybridized carbons (Fsp3) is 0.600. The summed E-state index contributed by atoms with van der Waals surface area (Å²) in [6.07, 6.45) is 0.838. The summed E-state index contributed by atoms with van der Waals surface area (Å²) >= 11 is 5.65. The van der Waals surface area contributed by atoms with Gasteiger partial charge < -0.3 is 14.8 Å². The van der Waals surface area contributed by atoms with Crippen LogP contribution < -0.4 is 14.8 Å². The van der Waals surface area contributed by atoms with Crippen LogP contribution in [-0.2, 0) is 0 Å². The number of anilines is 1. The summed E-state index contributed by atoms with van der Waals surface area (Å²) < 4.78 is 10.1. The molecule has 1 heterocycles. The van der Waals surface area contributed by atoms with Crippen molar-refractivity contribution in [2.45, 2.75) is 19.4 Å². The summed E-state index contributed by atoms with van der Waals surface area (Å²) in [5.41, 5.74) is 0. The molecule has 0 spiro atoms. The SMILES string of the molecule is COc1cc(OC)nc(NC(C)CCCl)n1. The third kappa shape index (κ3) is 3.73. The lowest BCUT2D eigenvalue weighted by atomic mass is 10.3. The third-order valence-corrected chi connectivity index (χ3v) is 2.23. The van der Waals surface area contributed by atoms with E-state index < -0.39 is 0 Å². The Morgan fingerprint density at radius 2 is 1.88 bits per heavy atom. The molecule has 0 bridgehead atoms. The zero-order valence-corrected chi connectivity index (χ0v) is 10.4. The molecule has 0 amide bonds. The molecule has 0 aliphatic heterocycles. The van der Waals surface area contributed by atoms with Gasteiger partial charge in [-0.15, -0.1) is 11.6 Å². The van der Waals surface area contributed by atoms with E-state index in [1.807, 2.05) is 6.92 Å². The molecule has 16 heavy (non-hydrogen) atoms. The third-order valence-electron chi connectivity index (χ3n) is 2.02. The first kappa shape index (κ1) is 12.8. The predicted octanol–water partition coefficient (Wildman–Crippen LogP) is 1.92. The maximum absolute atomic E-state index is 5.65. The molecule has 0 fully saturated rings. The van der Waals surface area contributed by atoms with E-state index in [1.165, 1.54) is 0 Å². The first-order valence-corrected chi connectivity index (χ1v) is 5.52. The van der Waals surface area contributed by atoms with E-state index in [1.54, 1.807) is 20.3 Å². The average Bonchev–Trinajstić information content (AvgIpc) is 2.28. The molecule has 90 valence electrons. The Bertz CT molecular complexity index is 314. The molecule has 0 aromatic carbocycles. The molecule has 0 radical (unpaired) electrons. The van der Waals surface area contributed by atoms with Crippen LogP contribution in [0.4, 0.5) is 5.95 Å². The van der Waals surface area contributed by atoms with Crippen LogP contribution in [0.3, 0.4) is 0 Å². The van der Waals surface area contributed by atoms with Gasteiger partial charge in [-0.1, -0.05) is 0 Å². The highest BCUT2D eigenvalue weighted by molar-refractivity contribution is 6.17. The highest BCUT2D eigenvalue weighted by atomic mass is 35.5. The molecule has 0 aliphatic rings. The van der Waals surface area contributed by atoms with Crippen LogP contribution in [0.25, 0.3) is 0 Å². The smallest absolute Gasteiger partial charge is 0.229 e. The second kappa shape index (κ2) is 6.37. The second-order valence-electron chi connectivity index (χ2n) is 3.30. The molecular formula is C10H16ClN3O2. The molecule has 6 heteroatoms. The van der Waals surface area contributed by atoms with E-state index in [4.69, 9.17) is 21.1 Å². The topological polar surface area (TPSA) is 56.3 Å². The van der Waals surface area contributed by atoms with Crippen molar-refractivity contribution in [3.05, 3.63) is 6.07 Å². The number of nitrogens with one attached hydrogen (secondary N) is 1. The van der Waals surface area contributed by atoms with Crippen LogP contribution >= 0.6 is 11.6 Å². The number of hydrogen-bond acceptors (Lipinski definition) is 5. The highest BCUT2D eigenvalue weighted by Crippen LogP contribution is 2.18. The number of alkyl halides is 1. The van der Waals surface area contributed by atoms with Gasteiger partial charge in [0.2, 0.25) is 17.7 Å². The van der Waals surface area contributed by atoms with E-state index in [2.05, 4.69) is 15.3 Å². The molecule has 1 N–H and O–H groups in total. The molecule has 1 atom stereocenters. The summed E-state index contributed by atoms with van der Waals surface area (Å²) in [4.78, 5) is 8.31. The molecule has 0 saturated heterocycles. The van der Waals surface area contributed by atoms with Gasteiger partial charge in [0.25, 0.3) is 0 Å². The Morgan fingerprint density at radius 1 is 1.31 bits per heavy atom. The molecule has 5 nitrogen and oxygen atoms in total. The van der Waals surface area contributed by atoms with Gasteiger partial charge in [-0.2, -0.15) is 9.97 Å². The molecule has 1 unspecified atom stereocenters. The number of methoxy groups -OCH3 is 2. The van der Waals surface area contributed by atoms with Crippen LogP contribution in [0.2, 0.25) is 0 Å². The van der Waals surface area contributed by atoms with Gasteiger partial charge in [0.1, 0.15) is 0 Å². The zero-order valence-electron chi connectivity index (χ0n) is 9.66. The Labute approximate surface area is 100 Å². The zero-order chi connectivity index (χ0) is 12.0. The fourth-order valence-electron chi connectivity index (χ4n) is 1.13. The summed E-state index contributed by atoms with van der Waals surface area (Å²) in [7, 11) is 3.10. The summed E-state index contributed by atoms with van der Waals surface area (Å²) in [6.45, 7) is 2.01. The van der Waals surface area contributed by atoms with E-state index in [0.29, 0.717) is 23.6 Å². The monoisotopic (exact) mass is 245 g/mol. The van der Waals surface area contributed by atoms with Crippen molar-refractivity contribution < 1.29 is 9.47 Å². The number of ether oxygens (including phenoxy) is 2. The quantitative estimate of drug-likeness (QED) is 0.776. The van der Waals surface area contributed by atoms with Crippen molar-refractivity contribution in [3.63, 3.8) is 0 Å². The summed E-state index contributed by atoms with van der Waals surface area (Å²) in [5, 5.41) is 3.13. The average molecular weight is 246 g/mol. The van der Waals surface area contributed by atoms with Gasteiger partial charge in [0.15, 0.2) is 0 Å². The Kier molecular flexibility index (Phi) is 5.11. The van der Waals surface area contributed by atoms with E-state index in [9.17, 15) is 0 Å². The summed E-state index contributed by atoms with van der Waals surface area (Å²) in [6, 6.07) is 1.83. The van der Waals surface area contributed by atoms with Crippen molar-refractivity contribution in [2.75, 3.05) is 25.4 Å². The molecule has 0 aliphatic carbocycles. The minimum atomic E-state index is 0.203. The molecule has 1 aromatic heterocycles. The van der Waals surface area contributed by atoms with E-state index in [0.717, 1.165) is 6.42 Å². The first-order valence-electron chi connectivity index (χ1n) is 4.99. The Balaban J connectivity index is 2.78. The van der Waals surface area contributed by atoms with Crippen molar-refractivity contribution in [3.8, 4) is 11.8 Å². The Morgan fingerprint density at radius 3 is 2.31 bits per heavy atom. The lowest BCUT2D eigenvalue weighted by Gasteiger charge is -2.13. The van der Waals surface area contributed by atoms with Gasteiger partial charge in [-0.05, 0) is 13.3 Å². The number of halogens is 1. The van der Waals surface area contributed by atoms with Crippen LogP contribution in [-0.4, -0.2) is 36.1 Å². The molecule has 0 saturated carbocycles. The van der Waals surface area contributed by atoms with Crippen LogP contribution in [0.5, 0.6) is 11.8 Å². The number of rotatable bonds is 6. The van der Waals surface area contributed by atoms with Crippen molar-refractivity contribution in [2.24, 2.45) is 0 Å². The minimum Gasteiger partial charge on any atom is -0.481 e. The van der Waals surface area contributed by atoms with Crippen LogP contribution in [0.15, 0.2) is 6.07 Å².